The highest BCUT2D eigenvalue weighted by molar-refractivity contribution is 6.33. The fourth-order valence-corrected chi connectivity index (χ4v) is 7.52. The summed E-state index contributed by atoms with van der Waals surface area (Å²) in [6.07, 6.45) is -0.834. The summed E-state index contributed by atoms with van der Waals surface area (Å²) < 4.78 is 4.81. The third-order valence-electron chi connectivity index (χ3n) is 9.16. The van der Waals surface area contributed by atoms with Gasteiger partial charge in [-0.25, -0.2) is 4.79 Å². The number of nitriles is 1. The van der Waals surface area contributed by atoms with E-state index in [9.17, 15) is 39.1 Å². The molecule has 6 atom stereocenters. The van der Waals surface area contributed by atoms with Crippen LogP contribution in [0.4, 0.5) is 5.69 Å². The second-order valence-corrected chi connectivity index (χ2v) is 11.9. The number of esters is 1. The van der Waals surface area contributed by atoms with E-state index in [1.807, 2.05) is 0 Å². The Bertz CT molecular complexity index is 1760. The van der Waals surface area contributed by atoms with Crippen molar-refractivity contribution in [2.24, 2.45) is 34.5 Å². The molecule has 2 saturated carbocycles. The molecular weight excluding hydrogens is 572 g/mol. The number of aromatic hydroxyl groups is 1. The molecule has 0 saturated heterocycles. The predicted octanol–water partition coefficient (Wildman–Crippen LogP) is -1.16. The van der Waals surface area contributed by atoms with Crippen molar-refractivity contribution in [3.05, 3.63) is 47.0 Å². The minimum absolute atomic E-state index is 0.108. The van der Waals surface area contributed by atoms with Gasteiger partial charge in [0.2, 0.25) is 5.91 Å². The Morgan fingerprint density at radius 1 is 1.09 bits per heavy atom. The monoisotopic (exact) mass is 602 g/mol. The number of phenols is 1. The molecule has 0 spiro atoms. The maximum Gasteiger partial charge on any atom is 0.337 e. The van der Waals surface area contributed by atoms with Crippen molar-refractivity contribution in [2.75, 3.05) is 26.9 Å². The molecule has 2 fully saturated rings. The lowest BCUT2D eigenvalue weighted by Crippen LogP contribution is -2.85. The number of fused-ring (bicyclic) bond motifs is 3. The Balaban J connectivity index is 1.77. The average Bonchev–Trinajstić information content (AvgIpc) is 2.91. The summed E-state index contributed by atoms with van der Waals surface area (Å²) in [4.78, 5) is 81.9. The number of ketones is 4. The summed E-state index contributed by atoms with van der Waals surface area (Å²) in [5.74, 6) is -11.2. The van der Waals surface area contributed by atoms with E-state index in [1.165, 1.54) is 56.4 Å². The second-order valence-electron chi connectivity index (χ2n) is 11.9. The van der Waals surface area contributed by atoms with Gasteiger partial charge in [-0.05, 0) is 67.9 Å². The molecule has 0 radical (unpaired) electrons. The molecule has 228 valence electrons. The molecule has 0 aliphatic heterocycles. The Morgan fingerprint density at radius 3 is 2.32 bits per heavy atom. The van der Waals surface area contributed by atoms with E-state index in [1.54, 1.807) is 6.07 Å². The van der Waals surface area contributed by atoms with Crippen molar-refractivity contribution >= 4 is 40.7 Å². The maximum absolute atomic E-state index is 14.4. The number of ether oxygens (including phenoxy) is 1. The zero-order chi connectivity index (χ0) is 32.7. The first kappa shape index (κ1) is 30.5. The fourth-order valence-electron chi connectivity index (χ4n) is 7.52. The molecule has 2 aromatic rings. The number of primary amides is 1. The van der Waals surface area contributed by atoms with Crippen LogP contribution in [0, 0.1) is 28.6 Å². The molecule has 9 N–H and O–H groups in total. The van der Waals surface area contributed by atoms with Gasteiger partial charge in [-0.1, -0.05) is 6.07 Å². The molecular formula is C30H30N6O8. The standard InChI is InChI=1S/C30H30N6O8/c1-36(2)23-22(39)19(26(33)42)24(40)29(11-31)25(41)20-21(38)18-16(9-28(20,34)10-30(23,29)35)15(4-5-17(18)37)12-6-13(27(43)44-3)8-14(32)7-12/h4-8,19-20,23,37H,9-10,32,34-35H2,1-3H3,(H2,33,42)/t19?,20?,23-,28-,29+,30-/m1/s1. The number of rotatable bonds is 4. The minimum Gasteiger partial charge on any atom is -0.507 e. The summed E-state index contributed by atoms with van der Waals surface area (Å²) in [5, 5.41) is 21.4. The van der Waals surface area contributed by atoms with E-state index in [-0.39, 0.29) is 28.8 Å². The van der Waals surface area contributed by atoms with Crippen LogP contribution in [0.25, 0.3) is 11.1 Å². The van der Waals surface area contributed by atoms with E-state index >= 15 is 0 Å². The number of nitrogens with two attached hydrogens (primary N) is 4. The lowest BCUT2D eigenvalue weighted by molar-refractivity contribution is -0.166. The molecule has 1 amide bonds. The number of amides is 1. The van der Waals surface area contributed by atoms with Gasteiger partial charge in [0.15, 0.2) is 34.5 Å². The first-order valence-corrected chi connectivity index (χ1v) is 13.5. The van der Waals surface area contributed by atoms with Gasteiger partial charge in [0.05, 0.1) is 35.9 Å². The van der Waals surface area contributed by atoms with Gasteiger partial charge < -0.3 is 32.8 Å². The number of hydrogen-bond acceptors (Lipinski definition) is 13. The maximum atomic E-state index is 14.4. The number of carbonyl (C=O) groups is 6. The summed E-state index contributed by atoms with van der Waals surface area (Å²) in [6, 6.07) is 7.23. The van der Waals surface area contributed by atoms with Crippen LogP contribution in [-0.2, 0) is 30.3 Å². The molecule has 0 bridgehead atoms. The van der Waals surface area contributed by atoms with Crippen LogP contribution in [0.1, 0.15) is 32.7 Å². The number of likely N-dealkylation sites (N-methyl/N-ethyl adjacent to an activating group) is 1. The van der Waals surface area contributed by atoms with E-state index in [0.29, 0.717) is 11.1 Å². The SMILES string of the molecule is COC(=O)c1cc(N)cc(-c2ccc(O)c3c2C[C@@]2(N)C[C@@]4(N)[C@H](N(C)C)C(=O)C(C(N)=O)C(=O)[C@@]4(C#N)C(=O)C2C3=O)c1. The Kier molecular flexibility index (Phi) is 6.77. The van der Waals surface area contributed by atoms with Gasteiger partial charge in [-0.3, -0.25) is 28.9 Å². The first-order chi connectivity index (χ1) is 20.5. The zero-order valence-electron chi connectivity index (χ0n) is 24.0. The van der Waals surface area contributed by atoms with Gasteiger partial charge in [0.1, 0.15) is 11.7 Å². The highest BCUT2D eigenvalue weighted by Gasteiger charge is 2.78. The van der Waals surface area contributed by atoms with Crippen LogP contribution in [-0.4, -0.2) is 83.3 Å². The Labute approximate surface area is 250 Å². The van der Waals surface area contributed by atoms with Crippen molar-refractivity contribution in [2.45, 2.75) is 30.0 Å². The van der Waals surface area contributed by atoms with Gasteiger partial charge in [0.25, 0.3) is 0 Å². The summed E-state index contributed by atoms with van der Waals surface area (Å²) in [6.45, 7) is 0. The minimum atomic E-state index is -2.84. The molecule has 3 aliphatic carbocycles. The van der Waals surface area contributed by atoms with Crippen LogP contribution >= 0.6 is 0 Å². The Morgan fingerprint density at radius 2 is 1.75 bits per heavy atom. The van der Waals surface area contributed by atoms with E-state index in [2.05, 4.69) is 0 Å². The largest absolute Gasteiger partial charge is 0.507 e. The highest BCUT2D eigenvalue weighted by atomic mass is 16.5. The smallest absolute Gasteiger partial charge is 0.337 e. The van der Waals surface area contributed by atoms with E-state index in [4.69, 9.17) is 27.7 Å². The van der Waals surface area contributed by atoms with E-state index < -0.39 is 81.6 Å². The van der Waals surface area contributed by atoms with Gasteiger partial charge >= 0.3 is 5.97 Å². The zero-order valence-corrected chi connectivity index (χ0v) is 24.0. The number of anilines is 1. The van der Waals surface area contributed by atoms with Crippen LogP contribution in [0.15, 0.2) is 30.3 Å². The number of benzene rings is 2. The second kappa shape index (κ2) is 9.78. The lowest BCUT2D eigenvalue weighted by Gasteiger charge is -2.60. The molecule has 14 heteroatoms. The van der Waals surface area contributed by atoms with Crippen LogP contribution in [0.5, 0.6) is 5.75 Å². The number of carbonyl (C=O) groups excluding carboxylic acids is 6. The normalized spacial score (nSPS) is 31.1. The summed E-state index contributed by atoms with van der Waals surface area (Å²) >= 11 is 0. The molecule has 2 aromatic carbocycles. The molecule has 0 aromatic heterocycles. The lowest BCUT2D eigenvalue weighted by atomic mass is 9.42. The number of phenolic OH excluding ortho intramolecular Hbond substituents is 1. The number of hydrogen-bond donors (Lipinski definition) is 5. The van der Waals surface area contributed by atoms with Crippen LogP contribution < -0.4 is 22.9 Å². The van der Waals surface area contributed by atoms with Crippen molar-refractivity contribution in [3.8, 4) is 22.9 Å². The topological polar surface area (TPSA) is 263 Å². The Hall–Kier alpha value is -4.97. The van der Waals surface area contributed by atoms with Crippen molar-refractivity contribution < 1.29 is 38.6 Å². The third-order valence-corrected chi connectivity index (χ3v) is 9.16. The molecule has 3 aliphatic rings. The number of nitrogen functional groups attached to an aromatic ring is 1. The molecule has 2 unspecified atom stereocenters. The number of Topliss-reactive ketones (excluding diaryl/α,β-unsaturated/α-hetero) is 4. The van der Waals surface area contributed by atoms with Crippen molar-refractivity contribution in [1.82, 2.24) is 4.90 Å². The van der Waals surface area contributed by atoms with Gasteiger partial charge in [0, 0.05) is 11.2 Å². The van der Waals surface area contributed by atoms with Gasteiger partial charge in [-0.15, -0.1) is 0 Å². The fraction of sp³-hybridized carbons (Fsp3) is 0.367. The van der Waals surface area contributed by atoms with Crippen molar-refractivity contribution in [3.63, 3.8) is 0 Å². The summed E-state index contributed by atoms with van der Waals surface area (Å²) in [5.41, 5.74) is 19.1. The van der Waals surface area contributed by atoms with Crippen LogP contribution in [0.3, 0.4) is 0 Å². The first-order valence-electron chi connectivity index (χ1n) is 13.5. The predicted molar refractivity (Wildman–Crippen MR) is 152 cm³/mol. The van der Waals surface area contributed by atoms with Gasteiger partial charge in [-0.2, -0.15) is 5.26 Å². The quantitative estimate of drug-likeness (QED) is 0.157. The number of nitrogens with zero attached hydrogens (tertiary/aromatic N) is 2. The molecule has 5 rings (SSSR count). The molecule has 44 heavy (non-hydrogen) atoms. The van der Waals surface area contributed by atoms with E-state index in [0.717, 1.165) is 0 Å². The third kappa shape index (κ3) is 3.76. The van der Waals surface area contributed by atoms with Crippen LogP contribution in [0.2, 0.25) is 0 Å². The highest BCUT2D eigenvalue weighted by Crippen LogP contribution is 2.57. The number of methoxy groups -OCH3 is 1. The van der Waals surface area contributed by atoms with Crippen molar-refractivity contribution in [1.29, 1.82) is 5.26 Å². The summed E-state index contributed by atoms with van der Waals surface area (Å²) in [7, 11) is 4.04. The average molecular weight is 603 g/mol. The molecule has 14 nitrogen and oxygen atoms in total. The molecule has 0 heterocycles.